The molecule has 27 heavy (non-hydrogen) atoms. The van der Waals surface area contributed by atoms with Gasteiger partial charge in [0.1, 0.15) is 14.2 Å². The molecule has 0 aromatic carbocycles. The molecule has 0 amide bonds. The summed E-state index contributed by atoms with van der Waals surface area (Å²) in [7, 11) is -1.37. The van der Waals surface area contributed by atoms with Crippen LogP contribution in [-0.2, 0) is 0 Å². The zero-order valence-corrected chi connectivity index (χ0v) is 19.7. The van der Waals surface area contributed by atoms with Gasteiger partial charge in [-0.2, -0.15) is 0 Å². The first-order valence-electron chi connectivity index (χ1n) is 11.5. The van der Waals surface area contributed by atoms with Crippen molar-refractivity contribution in [1.82, 2.24) is 0 Å². The van der Waals surface area contributed by atoms with E-state index in [2.05, 4.69) is 56.3 Å². The Morgan fingerprint density at radius 1 is 0.704 bits per heavy atom. The van der Waals surface area contributed by atoms with E-state index in [-0.39, 0.29) is 0 Å². The first kappa shape index (κ1) is 26.2. The third-order valence-corrected chi connectivity index (χ3v) is 5.44. The molecule has 0 saturated carbocycles. The van der Waals surface area contributed by atoms with Gasteiger partial charge in [0.25, 0.3) is 0 Å². The Bertz CT molecular complexity index is 433. The molecule has 1 nitrogen and oxygen atoms in total. The Morgan fingerprint density at radius 3 is 1.63 bits per heavy atom. The van der Waals surface area contributed by atoms with Gasteiger partial charge in [-0.25, -0.2) is 0 Å². The van der Waals surface area contributed by atoms with Gasteiger partial charge in [-0.15, -0.1) is 5.54 Å². The monoisotopic (exact) mass is 390 g/mol. The van der Waals surface area contributed by atoms with E-state index in [0.29, 0.717) is 0 Å². The van der Waals surface area contributed by atoms with Gasteiger partial charge in [0.2, 0.25) is 0 Å². The van der Waals surface area contributed by atoms with E-state index in [9.17, 15) is 5.11 Å². The van der Waals surface area contributed by atoms with E-state index < -0.39 is 14.2 Å². The second kappa shape index (κ2) is 18.6. The van der Waals surface area contributed by atoms with Crippen LogP contribution in [0.5, 0.6) is 0 Å². The number of aliphatic hydroxyl groups excluding tert-OH is 1. The standard InChI is InChI=1S/C25H46OSi/c1-5-6-7-8-9-10-11-12-13-14-15-16-17-18-19-20-21-22-25(26)23-24-27(2,3)4/h10-11,21-22,25-26H,5-9,12-20H2,1-4H3/b11-10-,22-21+/t25-/m1/s1. The SMILES string of the molecule is CCCCCC/C=C\CCCCCCCCC/C=C/[C@@H](O)C#C[Si](C)(C)C. The minimum Gasteiger partial charge on any atom is -0.377 e. The molecule has 1 atom stereocenters. The van der Waals surface area contributed by atoms with E-state index in [1.165, 1.54) is 83.5 Å². The van der Waals surface area contributed by atoms with Crippen LogP contribution >= 0.6 is 0 Å². The first-order valence-corrected chi connectivity index (χ1v) is 15.0. The molecule has 0 aliphatic carbocycles. The van der Waals surface area contributed by atoms with Crippen molar-refractivity contribution in [2.24, 2.45) is 0 Å². The van der Waals surface area contributed by atoms with Crippen LogP contribution in [0.4, 0.5) is 0 Å². The van der Waals surface area contributed by atoms with Crippen LogP contribution in [0.3, 0.4) is 0 Å². The molecule has 0 fully saturated rings. The van der Waals surface area contributed by atoms with Gasteiger partial charge in [-0.05, 0) is 44.6 Å². The molecule has 0 aliphatic heterocycles. The van der Waals surface area contributed by atoms with Gasteiger partial charge < -0.3 is 5.11 Å². The van der Waals surface area contributed by atoms with Crippen LogP contribution in [0, 0.1) is 11.5 Å². The average Bonchev–Trinajstić information content (AvgIpc) is 2.62. The predicted octanol–water partition coefficient (Wildman–Crippen LogP) is 7.82. The normalized spacial score (nSPS) is 13.2. The van der Waals surface area contributed by atoms with Crippen molar-refractivity contribution in [3.05, 3.63) is 24.3 Å². The number of unbranched alkanes of at least 4 members (excludes halogenated alkanes) is 12. The summed E-state index contributed by atoms with van der Waals surface area (Å²) >= 11 is 0. The second-order valence-electron chi connectivity index (χ2n) is 8.77. The lowest BCUT2D eigenvalue weighted by atomic mass is 10.1. The number of hydrogen-bond acceptors (Lipinski definition) is 1. The highest BCUT2D eigenvalue weighted by Gasteiger charge is 2.07. The van der Waals surface area contributed by atoms with Crippen molar-refractivity contribution in [1.29, 1.82) is 0 Å². The maximum Gasteiger partial charge on any atom is 0.132 e. The molecular formula is C25H46OSi. The summed E-state index contributed by atoms with van der Waals surface area (Å²) < 4.78 is 0. The van der Waals surface area contributed by atoms with Gasteiger partial charge in [-0.1, -0.05) is 102 Å². The van der Waals surface area contributed by atoms with Crippen molar-refractivity contribution in [3.8, 4) is 11.5 Å². The third-order valence-electron chi connectivity index (χ3n) is 4.55. The predicted molar refractivity (Wildman–Crippen MR) is 126 cm³/mol. The average molecular weight is 391 g/mol. The molecular weight excluding hydrogens is 344 g/mol. The maximum absolute atomic E-state index is 9.80. The molecule has 0 bridgehead atoms. The van der Waals surface area contributed by atoms with Crippen LogP contribution in [0.2, 0.25) is 19.6 Å². The molecule has 0 spiro atoms. The molecule has 156 valence electrons. The van der Waals surface area contributed by atoms with Gasteiger partial charge in [-0.3, -0.25) is 0 Å². The zero-order valence-electron chi connectivity index (χ0n) is 18.7. The third kappa shape index (κ3) is 23.2. The Balaban J connectivity index is 3.37. The van der Waals surface area contributed by atoms with Crippen molar-refractivity contribution in [2.75, 3.05) is 0 Å². The Hall–Kier alpha value is -0.783. The highest BCUT2D eigenvalue weighted by atomic mass is 28.3. The van der Waals surface area contributed by atoms with Crippen molar-refractivity contribution in [3.63, 3.8) is 0 Å². The molecule has 0 saturated heterocycles. The van der Waals surface area contributed by atoms with Gasteiger partial charge in [0.15, 0.2) is 0 Å². The van der Waals surface area contributed by atoms with Crippen molar-refractivity contribution >= 4 is 8.07 Å². The lowest BCUT2D eigenvalue weighted by Crippen LogP contribution is -2.17. The molecule has 0 radical (unpaired) electrons. The highest BCUT2D eigenvalue weighted by molar-refractivity contribution is 6.83. The summed E-state index contributed by atoms with van der Waals surface area (Å²) in [6.07, 6.45) is 26.6. The minimum atomic E-state index is -1.37. The molecule has 1 N–H and O–H groups in total. The van der Waals surface area contributed by atoms with Gasteiger partial charge in [0.05, 0.1) is 0 Å². The topological polar surface area (TPSA) is 20.2 Å². The summed E-state index contributed by atoms with van der Waals surface area (Å²) in [6.45, 7) is 8.86. The molecule has 0 aromatic heterocycles. The highest BCUT2D eigenvalue weighted by Crippen LogP contribution is 2.11. The Morgan fingerprint density at radius 2 is 1.15 bits per heavy atom. The lowest BCUT2D eigenvalue weighted by Gasteiger charge is -2.04. The van der Waals surface area contributed by atoms with Crippen LogP contribution in [-0.4, -0.2) is 19.3 Å². The fraction of sp³-hybridized carbons (Fsp3) is 0.760. The van der Waals surface area contributed by atoms with Crippen molar-refractivity contribution in [2.45, 2.75) is 123 Å². The molecule has 0 unspecified atom stereocenters. The summed E-state index contributed by atoms with van der Waals surface area (Å²) in [5.74, 6) is 2.95. The fourth-order valence-electron chi connectivity index (χ4n) is 2.90. The summed E-state index contributed by atoms with van der Waals surface area (Å²) in [4.78, 5) is 0. The Kier molecular flexibility index (Phi) is 18.0. The lowest BCUT2D eigenvalue weighted by molar-refractivity contribution is 0.280. The smallest absolute Gasteiger partial charge is 0.132 e. The second-order valence-corrected chi connectivity index (χ2v) is 13.5. The van der Waals surface area contributed by atoms with E-state index in [1.807, 2.05) is 6.08 Å². The summed E-state index contributed by atoms with van der Waals surface area (Å²) in [5.41, 5.74) is 3.21. The Labute approximate surface area is 171 Å². The largest absolute Gasteiger partial charge is 0.377 e. The molecule has 2 heteroatoms. The van der Waals surface area contributed by atoms with E-state index in [1.54, 1.807) is 0 Å². The molecule has 0 rings (SSSR count). The first-order chi connectivity index (χ1) is 13.0. The number of allylic oxidation sites excluding steroid dienone is 3. The maximum atomic E-state index is 9.80. The molecule has 0 aliphatic rings. The summed E-state index contributed by atoms with van der Waals surface area (Å²) in [5, 5.41) is 9.80. The molecule has 0 aromatic rings. The van der Waals surface area contributed by atoms with E-state index in [4.69, 9.17) is 0 Å². The summed E-state index contributed by atoms with van der Waals surface area (Å²) in [6, 6.07) is 0. The van der Waals surface area contributed by atoms with Gasteiger partial charge in [0, 0.05) is 0 Å². The molecule has 0 heterocycles. The minimum absolute atomic E-state index is 0.581. The zero-order chi connectivity index (χ0) is 20.2. The van der Waals surface area contributed by atoms with E-state index in [0.717, 1.165) is 6.42 Å². The van der Waals surface area contributed by atoms with Crippen molar-refractivity contribution < 1.29 is 5.11 Å². The van der Waals surface area contributed by atoms with Crippen LogP contribution < -0.4 is 0 Å². The number of hydrogen-bond donors (Lipinski definition) is 1. The fourth-order valence-corrected chi connectivity index (χ4v) is 3.48. The van der Waals surface area contributed by atoms with Crippen LogP contribution in [0.1, 0.15) is 96.8 Å². The quantitative estimate of drug-likeness (QED) is 0.123. The van der Waals surface area contributed by atoms with E-state index >= 15 is 0 Å². The number of aliphatic hydroxyl groups is 1. The van der Waals surface area contributed by atoms with Gasteiger partial charge >= 0.3 is 0 Å². The number of rotatable bonds is 16. The van der Waals surface area contributed by atoms with Crippen LogP contribution in [0.15, 0.2) is 24.3 Å². The van der Waals surface area contributed by atoms with Crippen LogP contribution in [0.25, 0.3) is 0 Å².